The highest BCUT2D eigenvalue weighted by molar-refractivity contribution is 5.94. The molecule has 4 unspecified atom stereocenters. The molecule has 16 nitrogen and oxygen atoms in total. The van der Waals surface area contributed by atoms with Gasteiger partial charge in [-0.15, -0.1) is 0 Å². The van der Waals surface area contributed by atoms with E-state index in [9.17, 15) is 38.7 Å². The monoisotopic (exact) mass is 491 g/mol. The largest absolute Gasteiger partial charge is 0.481 e. The van der Waals surface area contributed by atoms with Crippen molar-refractivity contribution in [3.63, 3.8) is 0 Å². The third-order valence-electron chi connectivity index (χ3n) is 4.39. The first kappa shape index (κ1) is 30.2. The summed E-state index contributed by atoms with van der Waals surface area (Å²) >= 11 is 0. The fourth-order valence-corrected chi connectivity index (χ4v) is 2.52. The van der Waals surface area contributed by atoms with Gasteiger partial charge >= 0.3 is 17.9 Å². The molecule has 0 heterocycles. The van der Waals surface area contributed by atoms with Crippen molar-refractivity contribution in [3.05, 3.63) is 0 Å². The highest BCUT2D eigenvalue weighted by atomic mass is 16.4. The van der Waals surface area contributed by atoms with Gasteiger partial charge in [0.2, 0.25) is 23.6 Å². The van der Waals surface area contributed by atoms with E-state index in [1.807, 2.05) is 0 Å². The second-order valence-corrected chi connectivity index (χ2v) is 7.18. The quantitative estimate of drug-likeness (QED) is 0.0936. The second-order valence-electron chi connectivity index (χ2n) is 7.18. The van der Waals surface area contributed by atoms with Crippen LogP contribution in [0.15, 0.2) is 0 Å². The van der Waals surface area contributed by atoms with Crippen LogP contribution in [0.4, 0.5) is 0 Å². The first-order valence-corrected chi connectivity index (χ1v) is 10.0. The van der Waals surface area contributed by atoms with E-state index in [0.717, 1.165) is 0 Å². The Labute approximate surface area is 193 Å². The average Bonchev–Trinajstić information content (AvgIpc) is 2.74. The topological polar surface area (TPSA) is 289 Å². The SMILES string of the molecule is NC(=O)CCC(NC(=O)C(CCC(=O)O)NC(=O)C(CCC(=O)O)NC(=O)C(N)CO)C(=O)O. The lowest BCUT2D eigenvalue weighted by Gasteiger charge is -2.24. The molecule has 16 heteroatoms. The minimum atomic E-state index is -1.59. The van der Waals surface area contributed by atoms with E-state index in [-0.39, 0.29) is 12.8 Å². The van der Waals surface area contributed by atoms with Gasteiger partial charge in [0.1, 0.15) is 24.2 Å². The number of hydrogen-bond donors (Lipinski definition) is 9. The molecule has 0 aliphatic rings. The molecule has 11 N–H and O–H groups in total. The Bertz CT molecular complexity index is 788. The van der Waals surface area contributed by atoms with Gasteiger partial charge in [0.05, 0.1) is 6.61 Å². The number of aliphatic hydroxyl groups is 1. The summed E-state index contributed by atoms with van der Waals surface area (Å²) in [7, 11) is 0. The van der Waals surface area contributed by atoms with Gasteiger partial charge in [-0.1, -0.05) is 0 Å². The highest BCUT2D eigenvalue weighted by Crippen LogP contribution is 2.05. The molecule has 0 aromatic carbocycles. The number of carbonyl (C=O) groups is 7. The first-order chi connectivity index (χ1) is 15.8. The van der Waals surface area contributed by atoms with Crippen LogP contribution < -0.4 is 27.4 Å². The minimum Gasteiger partial charge on any atom is -0.481 e. The summed E-state index contributed by atoms with van der Waals surface area (Å²) in [6.07, 6.45) is -2.85. The molecule has 0 aromatic heterocycles. The zero-order chi connectivity index (χ0) is 26.4. The number of aliphatic hydroxyl groups excluding tert-OH is 1. The number of carbonyl (C=O) groups excluding carboxylic acids is 4. The van der Waals surface area contributed by atoms with Gasteiger partial charge < -0.3 is 47.8 Å². The molecule has 4 atom stereocenters. The van der Waals surface area contributed by atoms with Crippen molar-refractivity contribution in [3.8, 4) is 0 Å². The smallest absolute Gasteiger partial charge is 0.326 e. The molecule has 0 fully saturated rings. The number of nitrogens with one attached hydrogen (secondary N) is 3. The Balaban J connectivity index is 5.59. The predicted molar refractivity (Wildman–Crippen MR) is 111 cm³/mol. The molecule has 0 radical (unpaired) electrons. The Morgan fingerprint density at radius 2 is 1.03 bits per heavy atom. The van der Waals surface area contributed by atoms with Crippen LogP contribution in [0, 0.1) is 0 Å². The van der Waals surface area contributed by atoms with Crippen LogP contribution in [-0.2, 0) is 33.6 Å². The number of amides is 4. The summed E-state index contributed by atoms with van der Waals surface area (Å²) in [4.78, 5) is 81.2. The summed E-state index contributed by atoms with van der Waals surface area (Å²) in [5.41, 5.74) is 10.3. The number of primary amides is 1. The van der Waals surface area contributed by atoms with Crippen LogP contribution in [0.2, 0.25) is 0 Å². The number of carboxylic acids is 3. The lowest BCUT2D eigenvalue weighted by Crippen LogP contribution is -2.57. The van der Waals surface area contributed by atoms with Crippen molar-refractivity contribution in [2.24, 2.45) is 11.5 Å². The molecular formula is C18H29N5O11. The van der Waals surface area contributed by atoms with E-state index in [0.29, 0.717) is 0 Å². The second kappa shape index (κ2) is 15.1. The molecule has 0 saturated carbocycles. The number of hydrogen-bond acceptors (Lipinski definition) is 9. The summed E-state index contributed by atoms with van der Waals surface area (Å²) < 4.78 is 0. The maximum atomic E-state index is 12.7. The van der Waals surface area contributed by atoms with Crippen molar-refractivity contribution >= 4 is 41.5 Å². The fourth-order valence-electron chi connectivity index (χ4n) is 2.52. The van der Waals surface area contributed by atoms with Gasteiger partial charge in [-0.05, 0) is 19.3 Å². The first-order valence-electron chi connectivity index (χ1n) is 10.0. The minimum absolute atomic E-state index is 0.369. The summed E-state index contributed by atoms with van der Waals surface area (Å²) in [6.45, 7) is -0.773. The van der Waals surface area contributed by atoms with Crippen LogP contribution in [0.3, 0.4) is 0 Å². The zero-order valence-corrected chi connectivity index (χ0v) is 18.1. The van der Waals surface area contributed by atoms with Crippen molar-refractivity contribution < 1.29 is 54.0 Å². The zero-order valence-electron chi connectivity index (χ0n) is 18.1. The van der Waals surface area contributed by atoms with Crippen LogP contribution in [-0.4, -0.2) is 92.7 Å². The third kappa shape index (κ3) is 12.3. The van der Waals surface area contributed by atoms with E-state index in [2.05, 4.69) is 16.0 Å². The third-order valence-corrected chi connectivity index (χ3v) is 4.39. The lowest BCUT2D eigenvalue weighted by molar-refractivity contribution is -0.143. The highest BCUT2D eigenvalue weighted by Gasteiger charge is 2.31. The molecule has 0 aliphatic heterocycles. The Kier molecular flexibility index (Phi) is 13.4. The van der Waals surface area contributed by atoms with Crippen LogP contribution in [0.5, 0.6) is 0 Å². The number of nitrogens with two attached hydrogens (primary N) is 2. The molecule has 4 amide bonds. The molecule has 0 saturated heterocycles. The van der Waals surface area contributed by atoms with Gasteiger partial charge in [0.15, 0.2) is 0 Å². The molecule has 0 aliphatic carbocycles. The van der Waals surface area contributed by atoms with E-state index in [1.54, 1.807) is 0 Å². The maximum Gasteiger partial charge on any atom is 0.326 e. The average molecular weight is 491 g/mol. The van der Waals surface area contributed by atoms with E-state index in [4.69, 9.17) is 26.8 Å². The standard InChI is InChI=1S/C18H29N5O11/c19-8(7-24)15(30)21-9(2-5-13(26)27)16(31)22-10(3-6-14(28)29)17(32)23-11(18(33)34)1-4-12(20)25/h8-11,24H,1-7,19H2,(H2,20,25)(H,21,30)(H,22,31)(H,23,32)(H,26,27)(H,28,29)(H,33,34). The van der Waals surface area contributed by atoms with Crippen LogP contribution in [0.1, 0.15) is 38.5 Å². The van der Waals surface area contributed by atoms with Crippen molar-refractivity contribution in [1.82, 2.24) is 16.0 Å². The number of rotatable bonds is 17. The van der Waals surface area contributed by atoms with E-state index < -0.39 is 98.0 Å². The van der Waals surface area contributed by atoms with Crippen LogP contribution in [0.25, 0.3) is 0 Å². The van der Waals surface area contributed by atoms with Gasteiger partial charge in [-0.3, -0.25) is 28.8 Å². The van der Waals surface area contributed by atoms with E-state index >= 15 is 0 Å². The number of carboxylic acid groups (broad SMARTS) is 3. The summed E-state index contributed by atoms with van der Waals surface area (Å²) in [5, 5.41) is 42.3. The lowest BCUT2D eigenvalue weighted by atomic mass is 10.1. The van der Waals surface area contributed by atoms with E-state index in [1.165, 1.54) is 0 Å². The molecule has 0 aromatic rings. The molecule has 0 spiro atoms. The fraction of sp³-hybridized carbons (Fsp3) is 0.611. The summed E-state index contributed by atoms with van der Waals surface area (Å²) in [6, 6.07) is -6.11. The van der Waals surface area contributed by atoms with Gasteiger partial charge in [-0.25, -0.2) is 4.79 Å². The Morgan fingerprint density at radius 3 is 1.38 bits per heavy atom. The van der Waals surface area contributed by atoms with Crippen molar-refractivity contribution in [2.45, 2.75) is 62.7 Å². The van der Waals surface area contributed by atoms with Crippen molar-refractivity contribution in [2.75, 3.05) is 6.61 Å². The molecule has 0 bridgehead atoms. The predicted octanol–water partition coefficient (Wildman–Crippen LogP) is -4.16. The Hall–Kier alpha value is -3.79. The maximum absolute atomic E-state index is 12.7. The summed E-state index contributed by atoms with van der Waals surface area (Å²) in [5.74, 6) is -8.14. The molecular weight excluding hydrogens is 462 g/mol. The Morgan fingerprint density at radius 1 is 0.647 bits per heavy atom. The molecule has 0 rings (SSSR count). The molecule has 34 heavy (non-hydrogen) atoms. The normalized spacial score (nSPS) is 14.1. The van der Waals surface area contributed by atoms with Gasteiger partial charge in [0.25, 0.3) is 0 Å². The molecule has 192 valence electrons. The van der Waals surface area contributed by atoms with Crippen molar-refractivity contribution in [1.29, 1.82) is 0 Å². The van der Waals surface area contributed by atoms with Gasteiger partial charge in [-0.2, -0.15) is 0 Å². The van der Waals surface area contributed by atoms with Gasteiger partial charge in [0, 0.05) is 19.3 Å². The number of aliphatic carboxylic acids is 3. The van der Waals surface area contributed by atoms with Crippen LogP contribution >= 0.6 is 0 Å².